The third-order valence-corrected chi connectivity index (χ3v) is 11.2. The van der Waals surface area contributed by atoms with Gasteiger partial charge in [-0.1, -0.05) is 135 Å². The van der Waals surface area contributed by atoms with Gasteiger partial charge in [0.2, 0.25) is 5.90 Å². The van der Waals surface area contributed by atoms with Gasteiger partial charge >= 0.3 is 0 Å². The van der Waals surface area contributed by atoms with Gasteiger partial charge in [0.1, 0.15) is 6.61 Å². The summed E-state index contributed by atoms with van der Waals surface area (Å²) >= 11 is 16.9. The number of rotatable bonds is 8. The second-order valence-electron chi connectivity index (χ2n) is 8.91. The fourth-order valence-electron chi connectivity index (χ4n) is 3.72. The lowest BCUT2D eigenvalue weighted by atomic mass is 10.1. The molecule has 0 fully saturated rings. The highest BCUT2D eigenvalue weighted by Crippen LogP contribution is 2.38. The molecule has 0 saturated heterocycles. The Labute approximate surface area is 208 Å². The van der Waals surface area contributed by atoms with E-state index in [9.17, 15) is 0 Å². The predicted octanol–water partition coefficient (Wildman–Crippen LogP) is 6.51. The molecule has 0 aromatic heterocycles. The van der Waals surface area contributed by atoms with E-state index in [1.165, 1.54) is 10.4 Å². The fourth-order valence-corrected chi connectivity index (χ4v) is 8.67. The van der Waals surface area contributed by atoms with Crippen LogP contribution >= 0.6 is 34.8 Å². The maximum Gasteiger partial charge on any atom is 0.265 e. The van der Waals surface area contributed by atoms with Crippen molar-refractivity contribution in [1.29, 1.82) is 5.41 Å². The van der Waals surface area contributed by atoms with Crippen LogP contribution in [0.5, 0.6) is 0 Å². The summed E-state index contributed by atoms with van der Waals surface area (Å²) in [6, 6.07) is 21.2. The van der Waals surface area contributed by atoms with E-state index in [4.69, 9.17) is 49.4 Å². The molecule has 2 aromatic carbocycles. The maximum absolute atomic E-state index is 7.62. The lowest BCUT2D eigenvalue weighted by molar-refractivity contribution is 0.170. The number of alkyl halides is 3. The van der Waals surface area contributed by atoms with Crippen molar-refractivity contribution in [3.8, 4) is 0 Å². The molecule has 174 valence electrons. The molecular weight excluding hydrogens is 481 g/mol. The predicted molar refractivity (Wildman–Crippen MR) is 140 cm³/mol. The quantitative estimate of drug-likeness (QED) is 0.144. The average Bonchev–Trinajstić information content (AvgIpc) is 2.74. The summed E-state index contributed by atoms with van der Waals surface area (Å²) in [7, 11) is -2.62. The molecule has 0 heterocycles. The summed E-state index contributed by atoms with van der Waals surface area (Å²) in [5.74, 6) is -0.279. The normalized spacial score (nSPS) is 14.9. The fraction of sp³-hybridized carbons (Fsp3) is 0.400. The van der Waals surface area contributed by atoms with E-state index in [-0.39, 0.29) is 23.7 Å². The highest BCUT2D eigenvalue weighted by Gasteiger charge is 2.51. The molecule has 32 heavy (non-hydrogen) atoms. The van der Waals surface area contributed by atoms with Crippen LogP contribution in [-0.4, -0.2) is 30.7 Å². The van der Waals surface area contributed by atoms with Gasteiger partial charge < -0.3 is 9.16 Å². The Morgan fingerprint density at radius 3 is 1.81 bits per heavy atom. The van der Waals surface area contributed by atoms with Gasteiger partial charge in [-0.05, 0) is 28.3 Å². The molecule has 3 nitrogen and oxygen atoms in total. The van der Waals surface area contributed by atoms with Gasteiger partial charge in [0.15, 0.2) is 0 Å². The van der Waals surface area contributed by atoms with Gasteiger partial charge in [-0.25, -0.2) is 0 Å². The molecule has 0 aliphatic carbocycles. The van der Waals surface area contributed by atoms with Crippen LogP contribution in [0.2, 0.25) is 5.04 Å². The van der Waals surface area contributed by atoms with Crippen LogP contribution in [0.15, 0.2) is 72.8 Å². The molecule has 0 aliphatic heterocycles. The molecule has 2 atom stereocenters. The monoisotopic (exact) mass is 511 g/mol. The number of benzene rings is 2. The zero-order chi connectivity index (χ0) is 24.0. The standard InChI is InChI=1S/C25H32Cl3NO2Si/c1-19(13-12-18-30-23(29)25(26,27)28)20(2)31-32(24(3,4)5,21-14-8-6-9-15-21)22-16-10-7-11-17-22/h6-17,19-20,29H,18H2,1-5H3/b13-12+,29-23?/t19-,20+/m0/s1. The van der Waals surface area contributed by atoms with Crippen molar-refractivity contribution in [3.05, 3.63) is 72.8 Å². The van der Waals surface area contributed by atoms with Crippen molar-refractivity contribution >= 4 is 59.4 Å². The summed E-state index contributed by atoms with van der Waals surface area (Å²) in [5.41, 5.74) is 0. The maximum atomic E-state index is 7.62. The molecule has 0 amide bonds. The molecule has 2 rings (SSSR count). The summed E-state index contributed by atoms with van der Waals surface area (Å²) < 4.78 is 10.5. The van der Waals surface area contributed by atoms with Crippen LogP contribution in [0, 0.1) is 11.3 Å². The van der Waals surface area contributed by atoms with E-state index in [2.05, 4.69) is 83.1 Å². The summed E-state index contributed by atoms with van der Waals surface area (Å²) in [4.78, 5) is 0. The lowest BCUT2D eigenvalue weighted by Crippen LogP contribution is -2.67. The zero-order valence-corrected chi connectivity index (χ0v) is 22.5. The smallest absolute Gasteiger partial charge is 0.265 e. The molecule has 0 radical (unpaired) electrons. The molecule has 7 heteroatoms. The second-order valence-corrected chi connectivity index (χ2v) is 15.4. The van der Waals surface area contributed by atoms with Gasteiger partial charge in [-0.2, -0.15) is 0 Å². The highest BCUT2D eigenvalue weighted by molar-refractivity contribution is 6.99. The molecule has 2 aromatic rings. The number of nitrogens with one attached hydrogen (secondary N) is 1. The van der Waals surface area contributed by atoms with E-state index in [0.29, 0.717) is 0 Å². The van der Waals surface area contributed by atoms with E-state index in [1.807, 2.05) is 24.3 Å². The van der Waals surface area contributed by atoms with E-state index in [0.717, 1.165) is 0 Å². The first-order chi connectivity index (χ1) is 14.9. The number of hydrogen-bond acceptors (Lipinski definition) is 3. The van der Waals surface area contributed by atoms with E-state index in [1.54, 1.807) is 0 Å². The first kappa shape index (κ1) is 26.9. The first-order valence-electron chi connectivity index (χ1n) is 10.6. The Bertz CT molecular complexity index is 853. The van der Waals surface area contributed by atoms with Crippen LogP contribution in [0.25, 0.3) is 0 Å². The van der Waals surface area contributed by atoms with Gasteiger partial charge in [-0.3, -0.25) is 5.41 Å². The van der Waals surface area contributed by atoms with Gasteiger partial charge in [0, 0.05) is 6.10 Å². The third kappa shape index (κ3) is 6.61. The second kappa shape index (κ2) is 11.2. The van der Waals surface area contributed by atoms with Crippen LogP contribution in [0.4, 0.5) is 0 Å². The Morgan fingerprint density at radius 2 is 1.41 bits per heavy atom. The zero-order valence-electron chi connectivity index (χ0n) is 19.2. The van der Waals surface area contributed by atoms with E-state index >= 15 is 0 Å². The topological polar surface area (TPSA) is 42.3 Å². The number of halogens is 3. The van der Waals surface area contributed by atoms with Crippen LogP contribution < -0.4 is 10.4 Å². The minimum atomic E-state index is -2.62. The molecular formula is C25H32Cl3NO2Si. The molecule has 0 saturated carbocycles. The highest BCUT2D eigenvalue weighted by atomic mass is 35.6. The number of ether oxygens (including phenoxy) is 1. The molecule has 0 aliphatic rings. The van der Waals surface area contributed by atoms with Crippen LogP contribution in [0.3, 0.4) is 0 Å². The SMILES string of the molecule is C[C@@H](/C=C/COC(=N)C(Cl)(Cl)Cl)[C@@H](C)O[Si](c1ccccc1)(c1ccccc1)C(C)(C)C. The van der Waals surface area contributed by atoms with Crippen molar-refractivity contribution in [3.63, 3.8) is 0 Å². The molecule has 0 spiro atoms. The Hall–Kier alpha value is -1.30. The number of hydrogen-bond donors (Lipinski definition) is 1. The lowest BCUT2D eigenvalue weighted by Gasteiger charge is -2.45. The van der Waals surface area contributed by atoms with Crippen molar-refractivity contribution in [2.75, 3.05) is 6.61 Å². The Balaban J connectivity index is 2.30. The summed E-state index contributed by atoms with van der Waals surface area (Å²) in [5, 5.41) is 10.0. The van der Waals surface area contributed by atoms with Crippen molar-refractivity contribution in [1.82, 2.24) is 0 Å². The van der Waals surface area contributed by atoms with Crippen molar-refractivity contribution < 1.29 is 9.16 Å². The first-order valence-corrected chi connectivity index (χ1v) is 13.7. The van der Waals surface area contributed by atoms with Crippen LogP contribution in [0.1, 0.15) is 34.6 Å². The van der Waals surface area contributed by atoms with Gasteiger partial charge in [0.05, 0.1) is 0 Å². The van der Waals surface area contributed by atoms with Crippen LogP contribution in [-0.2, 0) is 9.16 Å². The Kier molecular flexibility index (Phi) is 9.44. The molecule has 0 bridgehead atoms. The largest absolute Gasteiger partial charge is 0.474 e. The van der Waals surface area contributed by atoms with Crippen molar-refractivity contribution in [2.45, 2.75) is 49.6 Å². The minimum absolute atomic E-state index is 0.0508. The minimum Gasteiger partial charge on any atom is -0.474 e. The average molecular weight is 513 g/mol. The molecule has 1 N–H and O–H groups in total. The third-order valence-electron chi connectivity index (χ3n) is 5.54. The summed E-state index contributed by atoms with van der Waals surface area (Å²) in [6.45, 7) is 11.2. The molecule has 0 unspecified atom stereocenters. The van der Waals surface area contributed by atoms with Gasteiger partial charge in [-0.15, -0.1) is 0 Å². The van der Waals surface area contributed by atoms with E-state index < -0.39 is 18.0 Å². The van der Waals surface area contributed by atoms with Crippen molar-refractivity contribution in [2.24, 2.45) is 5.92 Å². The summed E-state index contributed by atoms with van der Waals surface area (Å²) in [6.07, 6.45) is 3.81. The Morgan fingerprint density at radius 1 is 0.938 bits per heavy atom. The van der Waals surface area contributed by atoms with Gasteiger partial charge in [0.25, 0.3) is 12.1 Å².